The third kappa shape index (κ3) is 7.09. The van der Waals surface area contributed by atoms with Gasteiger partial charge in [0.25, 0.3) is 0 Å². The molecule has 1 N–H and O–H groups in total. The topological polar surface area (TPSA) is 21.3 Å². The van der Waals surface area contributed by atoms with E-state index in [-0.39, 0.29) is 11.6 Å². The molecule has 0 aliphatic heterocycles. The largest absolute Gasteiger partial charge is 0.398 e. The smallest absolute Gasteiger partial charge is 0.382 e. The first-order valence-electron chi connectivity index (χ1n) is 6.73. The molecule has 6 heteroatoms. The number of ether oxygens (including phenoxy) is 1. The molecule has 0 aromatic heterocycles. The third-order valence-corrected chi connectivity index (χ3v) is 4.17. The maximum atomic E-state index is 12.3. The fourth-order valence-electron chi connectivity index (χ4n) is 2.01. The van der Waals surface area contributed by atoms with E-state index in [0.717, 1.165) is 23.9 Å². The highest BCUT2D eigenvalue weighted by Crippen LogP contribution is 2.32. The van der Waals surface area contributed by atoms with Gasteiger partial charge in [-0.2, -0.15) is 13.2 Å². The highest BCUT2D eigenvalue weighted by molar-refractivity contribution is 7.99. The molecule has 1 unspecified atom stereocenters. The molecule has 0 spiro atoms. The minimum absolute atomic E-state index is 0.0904. The van der Waals surface area contributed by atoms with Crippen LogP contribution < -0.4 is 5.32 Å². The molecule has 1 aromatic carbocycles. The van der Waals surface area contributed by atoms with Gasteiger partial charge < -0.3 is 10.1 Å². The lowest BCUT2D eigenvalue weighted by molar-refractivity contribution is -0.105. The van der Waals surface area contributed by atoms with Crippen molar-refractivity contribution in [2.45, 2.75) is 49.9 Å². The van der Waals surface area contributed by atoms with E-state index < -0.39 is 11.9 Å². The molecule has 1 rings (SSSR count). The number of rotatable bonds is 7. The number of methoxy groups -OCH3 is 1. The Bertz CT molecular complexity index is 449. The van der Waals surface area contributed by atoms with Crippen LogP contribution in [0.4, 0.5) is 18.9 Å². The molecule has 120 valence electrons. The quantitative estimate of drug-likeness (QED) is 0.718. The summed E-state index contributed by atoms with van der Waals surface area (Å²) in [6.07, 6.45) is -3.41. The lowest BCUT2D eigenvalue weighted by Crippen LogP contribution is -2.31. The average molecular weight is 321 g/mol. The summed E-state index contributed by atoms with van der Waals surface area (Å²) >= 11 is 0.801. The Morgan fingerprint density at radius 2 is 1.86 bits per heavy atom. The van der Waals surface area contributed by atoms with Gasteiger partial charge in [-0.25, -0.2) is 0 Å². The number of nitrogens with one attached hydrogen (secondary N) is 1. The number of anilines is 1. The first-order chi connectivity index (χ1) is 9.63. The van der Waals surface area contributed by atoms with Crippen LogP contribution in [0.2, 0.25) is 0 Å². The summed E-state index contributed by atoms with van der Waals surface area (Å²) in [5.41, 5.74) is 0.451. The molecule has 0 heterocycles. The van der Waals surface area contributed by atoms with Gasteiger partial charge in [-0.3, -0.25) is 0 Å². The molecule has 0 saturated heterocycles. The Hall–Kier alpha value is -0.880. The Kier molecular flexibility index (Phi) is 6.41. The zero-order chi connectivity index (χ0) is 16.1. The summed E-state index contributed by atoms with van der Waals surface area (Å²) in [7, 11) is 1.65. The molecular weight excluding hydrogens is 299 g/mol. The van der Waals surface area contributed by atoms with Gasteiger partial charge in [0.05, 0.1) is 11.4 Å². The number of para-hydroxylation sites is 1. The highest BCUT2D eigenvalue weighted by Gasteiger charge is 2.28. The molecule has 0 amide bonds. The fraction of sp³-hybridized carbons (Fsp3) is 0.600. The molecule has 0 aliphatic rings. The van der Waals surface area contributed by atoms with Gasteiger partial charge in [0.2, 0.25) is 0 Å². The third-order valence-electron chi connectivity index (χ3n) is 3.03. The van der Waals surface area contributed by atoms with Crippen molar-refractivity contribution >= 4 is 17.4 Å². The predicted molar refractivity (Wildman–Crippen MR) is 82.0 cm³/mol. The van der Waals surface area contributed by atoms with E-state index in [9.17, 15) is 13.2 Å². The maximum absolute atomic E-state index is 12.3. The molecule has 0 radical (unpaired) electrons. The second-order valence-corrected chi connectivity index (χ2v) is 6.63. The van der Waals surface area contributed by atoms with Crippen LogP contribution in [-0.2, 0) is 4.74 Å². The SMILES string of the molecule is COC(C)(C)CC(C)Nc1ccccc1SCC(F)(F)F. The van der Waals surface area contributed by atoms with Gasteiger partial charge in [-0.15, -0.1) is 11.8 Å². The van der Waals surface area contributed by atoms with E-state index in [4.69, 9.17) is 4.74 Å². The molecule has 0 bridgehead atoms. The molecule has 0 saturated carbocycles. The zero-order valence-electron chi connectivity index (χ0n) is 12.8. The van der Waals surface area contributed by atoms with Crippen LogP contribution in [0.15, 0.2) is 29.2 Å². The summed E-state index contributed by atoms with van der Waals surface area (Å²) in [6.45, 7) is 5.96. The standard InChI is InChI=1S/C15H22F3NOS/c1-11(9-14(2,3)20-4)19-12-7-5-6-8-13(12)21-10-15(16,17)18/h5-8,11,19H,9-10H2,1-4H3. The Labute approximate surface area is 128 Å². The molecule has 21 heavy (non-hydrogen) atoms. The highest BCUT2D eigenvalue weighted by atomic mass is 32.2. The molecule has 0 fully saturated rings. The van der Waals surface area contributed by atoms with Crippen LogP contribution in [-0.4, -0.2) is 30.7 Å². The summed E-state index contributed by atoms with van der Waals surface area (Å²) in [4.78, 5) is 0.608. The normalized spacial score (nSPS) is 14.0. The van der Waals surface area contributed by atoms with E-state index in [0.29, 0.717) is 4.90 Å². The van der Waals surface area contributed by atoms with E-state index in [2.05, 4.69) is 5.32 Å². The van der Waals surface area contributed by atoms with E-state index in [1.165, 1.54) is 0 Å². The van der Waals surface area contributed by atoms with Crippen molar-refractivity contribution in [2.24, 2.45) is 0 Å². The van der Waals surface area contributed by atoms with Gasteiger partial charge in [-0.05, 0) is 39.3 Å². The van der Waals surface area contributed by atoms with Crippen molar-refractivity contribution < 1.29 is 17.9 Å². The summed E-state index contributed by atoms with van der Waals surface area (Å²) in [6, 6.07) is 7.15. The number of benzene rings is 1. The van der Waals surface area contributed by atoms with Crippen LogP contribution in [0.5, 0.6) is 0 Å². The van der Waals surface area contributed by atoms with Crippen LogP contribution in [0.1, 0.15) is 27.2 Å². The van der Waals surface area contributed by atoms with Crippen molar-refractivity contribution in [1.82, 2.24) is 0 Å². The van der Waals surface area contributed by atoms with Crippen molar-refractivity contribution in [3.63, 3.8) is 0 Å². The van der Waals surface area contributed by atoms with Gasteiger partial charge in [0, 0.05) is 23.7 Å². The second kappa shape index (κ2) is 7.40. The number of alkyl halides is 3. The van der Waals surface area contributed by atoms with Gasteiger partial charge >= 0.3 is 6.18 Å². The summed E-state index contributed by atoms with van der Waals surface area (Å²) < 4.78 is 42.4. The van der Waals surface area contributed by atoms with Crippen LogP contribution in [0.3, 0.4) is 0 Å². The summed E-state index contributed by atoms with van der Waals surface area (Å²) in [5, 5.41) is 3.27. The first kappa shape index (κ1) is 18.2. The van der Waals surface area contributed by atoms with E-state index in [1.54, 1.807) is 25.3 Å². The lowest BCUT2D eigenvalue weighted by Gasteiger charge is -2.28. The van der Waals surface area contributed by atoms with Crippen molar-refractivity contribution in [1.29, 1.82) is 0 Å². The molecule has 0 aliphatic carbocycles. The second-order valence-electron chi connectivity index (χ2n) is 5.61. The van der Waals surface area contributed by atoms with Gasteiger partial charge in [-0.1, -0.05) is 12.1 Å². The number of hydrogen-bond donors (Lipinski definition) is 1. The van der Waals surface area contributed by atoms with Gasteiger partial charge in [0.15, 0.2) is 0 Å². The predicted octanol–water partition coefficient (Wildman–Crippen LogP) is 4.96. The van der Waals surface area contributed by atoms with Crippen LogP contribution in [0, 0.1) is 0 Å². The van der Waals surface area contributed by atoms with Crippen molar-refractivity contribution in [3.05, 3.63) is 24.3 Å². The Balaban J connectivity index is 2.70. The molecule has 1 aromatic rings. The first-order valence-corrected chi connectivity index (χ1v) is 7.72. The molecule has 1 atom stereocenters. The Morgan fingerprint density at radius 1 is 1.24 bits per heavy atom. The number of hydrogen-bond acceptors (Lipinski definition) is 3. The van der Waals surface area contributed by atoms with E-state index >= 15 is 0 Å². The van der Waals surface area contributed by atoms with Crippen molar-refractivity contribution in [2.75, 3.05) is 18.2 Å². The minimum Gasteiger partial charge on any atom is -0.382 e. The maximum Gasteiger partial charge on any atom is 0.398 e. The minimum atomic E-state index is -4.17. The number of thioether (sulfide) groups is 1. The van der Waals surface area contributed by atoms with Crippen LogP contribution >= 0.6 is 11.8 Å². The van der Waals surface area contributed by atoms with Gasteiger partial charge in [0.1, 0.15) is 0 Å². The molecule has 2 nitrogen and oxygen atoms in total. The van der Waals surface area contributed by atoms with E-state index in [1.807, 2.05) is 26.8 Å². The summed E-state index contributed by atoms with van der Waals surface area (Å²) in [5.74, 6) is -0.885. The monoisotopic (exact) mass is 321 g/mol. The van der Waals surface area contributed by atoms with Crippen LogP contribution in [0.25, 0.3) is 0 Å². The zero-order valence-corrected chi connectivity index (χ0v) is 13.6. The van der Waals surface area contributed by atoms with Crippen molar-refractivity contribution in [3.8, 4) is 0 Å². The average Bonchev–Trinajstić information content (AvgIpc) is 2.36. The molecular formula is C15H22F3NOS. The fourth-order valence-corrected chi connectivity index (χ4v) is 2.78. The Morgan fingerprint density at radius 3 is 2.43 bits per heavy atom. The number of halogens is 3. The lowest BCUT2D eigenvalue weighted by atomic mass is 10.00.